The highest BCUT2D eigenvalue weighted by molar-refractivity contribution is 8.27. The highest BCUT2D eigenvalue weighted by atomic mass is 32.2. The minimum Gasteiger partial charge on any atom is -0.355 e. The molecule has 0 bridgehead atoms. The summed E-state index contributed by atoms with van der Waals surface area (Å²) in [6, 6.07) is 11.3. The molecule has 41 heavy (non-hydrogen) atoms. The van der Waals surface area contributed by atoms with E-state index in [1.54, 1.807) is 36.2 Å². The van der Waals surface area contributed by atoms with Gasteiger partial charge in [-0.1, -0.05) is 42.2 Å². The maximum atomic E-state index is 13.9. The lowest BCUT2D eigenvalue weighted by molar-refractivity contribution is -0.113. The average Bonchev–Trinajstić information content (AvgIpc) is 3.35. The Hall–Kier alpha value is -3.92. The van der Waals surface area contributed by atoms with Gasteiger partial charge in [0, 0.05) is 45.3 Å². The predicted octanol–water partition coefficient (Wildman–Crippen LogP) is 3.00. The van der Waals surface area contributed by atoms with Crippen LogP contribution in [-0.2, 0) is 18.4 Å². The van der Waals surface area contributed by atoms with Crippen molar-refractivity contribution in [2.45, 2.75) is 27.3 Å². The summed E-state index contributed by atoms with van der Waals surface area (Å²) >= 11 is 6.76. The zero-order valence-electron chi connectivity index (χ0n) is 23.7. The van der Waals surface area contributed by atoms with E-state index >= 15 is 0 Å². The summed E-state index contributed by atoms with van der Waals surface area (Å²) in [4.78, 5) is 46.9. The van der Waals surface area contributed by atoms with Gasteiger partial charge in [0.1, 0.15) is 23.1 Å². The number of thioether (sulfide) groups is 1. The minimum absolute atomic E-state index is 0.0520. The Morgan fingerprint density at radius 1 is 1.02 bits per heavy atom. The summed E-state index contributed by atoms with van der Waals surface area (Å²) in [5, 5.41) is 9.86. The molecule has 0 saturated carbocycles. The number of carbonyl (C=O) groups excluding carboxylic acids is 1. The van der Waals surface area contributed by atoms with Crippen molar-refractivity contribution in [3.63, 3.8) is 0 Å². The molecule has 212 valence electrons. The van der Waals surface area contributed by atoms with Gasteiger partial charge in [-0.3, -0.25) is 28.5 Å². The molecule has 12 heteroatoms. The molecule has 1 aromatic carbocycles. The van der Waals surface area contributed by atoms with Crippen LogP contribution in [0.15, 0.2) is 44.8 Å². The monoisotopic (exact) mass is 589 g/mol. The van der Waals surface area contributed by atoms with Crippen LogP contribution in [0, 0.1) is 25.2 Å². The molecule has 0 atom stereocenters. The Kier molecular flexibility index (Phi) is 7.78. The Labute approximate surface area is 247 Å². The number of para-hydroxylation sites is 1. The molecule has 1 amide bonds. The first-order valence-electron chi connectivity index (χ1n) is 13.3. The summed E-state index contributed by atoms with van der Waals surface area (Å²) in [5.41, 5.74) is 1.99. The number of rotatable bonds is 5. The fourth-order valence-corrected chi connectivity index (χ4v) is 6.65. The van der Waals surface area contributed by atoms with Crippen molar-refractivity contribution in [1.82, 2.24) is 18.8 Å². The van der Waals surface area contributed by atoms with E-state index in [0.29, 0.717) is 52.9 Å². The second-order valence-electron chi connectivity index (χ2n) is 10.1. The van der Waals surface area contributed by atoms with Crippen molar-refractivity contribution in [2.24, 2.45) is 7.05 Å². The zero-order valence-corrected chi connectivity index (χ0v) is 25.3. The second kappa shape index (κ2) is 11.2. The Balaban J connectivity index is 1.65. The highest BCUT2D eigenvalue weighted by Gasteiger charge is 2.38. The minimum atomic E-state index is -0.414. The number of hydrogen-bond acceptors (Lipinski definition) is 8. The largest absolute Gasteiger partial charge is 0.355 e. The van der Waals surface area contributed by atoms with Gasteiger partial charge in [0.2, 0.25) is 0 Å². The molecule has 0 N–H and O–H groups in total. The molecule has 10 nitrogen and oxygen atoms in total. The number of anilines is 2. The van der Waals surface area contributed by atoms with Crippen LogP contribution in [0.25, 0.3) is 11.8 Å². The molecular weight excluding hydrogens is 558 g/mol. The van der Waals surface area contributed by atoms with Gasteiger partial charge >= 0.3 is 0 Å². The van der Waals surface area contributed by atoms with Gasteiger partial charge in [-0.15, -0.1) is 0 Å². The van der Waals surface area contributed by atoms with Crippen LogP contribution in [0.4, 0.5) is 11.5 Å². The number of thiocarbonyl (C=S) groups is 1. The first kappa shape index (κ1) is 28.6. The summed E-state index contributed by atoms with van der Waals surface area (Å²) < 4.78 is 5.08. The molecule has 2 aliphatic rings. The standard InChI is InChI=1S/C29H31N7O3S2/c1-6-34-25(33-14-12-31(4)13-15-33)21(18(2)22(17-30)26(34)37)16-23-27(38)35(29(40)41-23)24-19(3)32(5)36(28(24)39)20-10-8-7-9-11-20/h7-11,16H,6,12-15H2,1-5H3/b23-16+. The molecule has 4 heterocycles. The summed E-state index contributed by atoms with van der Waals surface area (Å²) in [7, 11) is 3.82. The van der Waals surface area contributed by atoms with Crippen molar-refractivity contribution in [2.75, 3.05) is 43.0 Å². The maximum Gasteiger partial charge on any atom is 0.296 e. The average molecular weight is 590 g/mol. The smallest absolute Gasteiger partial charge is 0.296 e. The number of nitrogens with zero attached hydrogens (tertiary/aromatic N) is 7. The summed E-state index contributed by atoms with van der Waals surface area (Å²) in [6.07, 6.45) is 1.72. The van der Waals surface area contributed by atoms with Crippen LogP contribution >= 0.6 is 24.0 Å². The lowest BCUT2D eigenvalue weighted by atomic mass is 10.0. The molecule has 0 unspecified atom stereocenters. The van der Waals surface area contributed by atoms with Crippen molar-refractivity contribution >= 4 is 51.8 Å². The number of nitriles is 1. The van der Waals surface area contributed by atoms with Gasteiger partial charge in [0.25, 0.3) is 17.0 Å². The normalized spacial score (nSPS) is 17.1. The zero-order chi connectivity index (χ0) is 29.6. The molecule has 0 radical (unpaired) electrons. The topological polar surface area (TPSA) is 99.5 Å². The van der Waals surface area contributed by atoms with E-state index in [4.69, 9.17) is 12.2 Å². The molecule has 0 aliphatic carbocycles. The molecule has 2 aliphatic heterocycles. The van der Waals surface area contributed by atoms with E-state index in [9.17, 15) is 19.6 Å². The van der Waals surface area contributed by atoms with Crippen molar-refractivity contribution < 1.29 is 4.79 Å². The third-order valence-electron chi connectivity index (χ3n) is 7.78. The lowest BCUT2D eigenvalue weighted by Crippen LogP contribution is -2.47. The van der Waals surface area contributed by atoms with E-state index in [2.05, 4.69) is 22.9 Å². The third kappa shape index (κ3) is 4.73. The van der Waals surface area contributed by atoms with E-state index < -0.39 is 5.91 Å². The Morgan fingerprint density at radius 2 is 1.68 bits per heavy atom. The van der Waals surface area contributed by atoms with Crippen LogP contribution in [-0.4, -0.2) is 62.3 Å². The van der Waals surface area contributed by atoms with E-state index in [-0.39, 0.29) is 26.7 Å². The molecular formula is C29H31N7O3S2. The van der Waals surface area contributed by atoms with Crippen molar-refractivity contribution in [3.8, 4) is 11.8 Å². The first-order chi connectivity index (χ1) is 19.6. The molecule has 2 saturated heterocycles. The first-order valence-corrected chi connectivity index (χ1v) is 14.6. The van der Waals surface area contributed by atoms with E-state index in [1.165, 1.54) is 9.58 Å². The van der Waals surface area contributed by atoms with E-state index in [0.717, 1.165) is 24.9 Å². The Bertz CT molecular complexity index is 1750. The summed E-state index contributed by atoms with van der Waals surface area (Å²) in [6.45, 7) is 8.81. The van der Waals surface area contributed by atoms with Gasteiger partial charge in [0.15, 0.2) is 4.32 Å². The number of aromatic nitrogens is 3. The van der Waals surface area contributed by atoms with Crippen LogP contribution in [0.1, 0.15) is 29.3 Å². The number of benzene rings is 1. The van der Waals surface area contributed by atoms with Crippen LogP contribution in [0.3, 0.4) is 0 Å². The number of piperazine rings is 1. The van der Waals surface area contributed by atoms with Gasteiger partial charge < -0.3 is 9.80 Å². The van der Waals surface area contributed by atoms with Gasteiger partial charge in [-0.05, 0) is 51.6 Å². The van der Waals surface area contributed by atoms with E-state index in [1.807, 2.05) is 37.3 Å². The molecule has 2 fully saturated rings. The van der Waals surface area contributed by atoms with Gasteiger partial charge in [0.05, 0.1) is 16.3 Å². The maximum absolute atomic E-state index is 13.9. The highest BCUT2D eigenvalue weighted by Crippen LogP contribution is 2.38. The predicted molar refractivity (Wildman–Crippen MR) is 167 cm³/mol. The number of amides is 1. The van der Waals surface area contributed by atoms with Crippen LogP contribution in [0.5, 0.6) is 0 Å². The fourth-order valence-electron chi connectivity index (χ4n) is 5.40. The van der Waals surface area contributed by atoms with Gasteiger partial charge in [-0.25, -0.2) is 4.68 Å². The molecule has 5 rings (SSSR count). The summed E-state index contributed by atoms with van der Waals surface area (Å²) in [5.74, 6) is 0.275. The van der Waals surface area contributed by atoms with Crippen molar-refractivity contribution in [1.29, 1.82) is 5.26 Å². The molecule has 0 spiro atoms. The second-order valence-corrected chi connectivity index (χ2v) is 11.8. The number of hydrogen-bond donors (Lipinski definition) is 0. The SMILES string of the molecule is CCn1c(N2CCN(C)CC2)c(/C=C2/SC(=S)N(c3c(C)n(C)n(-c4ccccc4)c3=O)C2=O)c(C)c(C#N)c1=O. The third-order valence-corrected chi connectivity index (χ3v) is 9.08. The van der Waals surface area contributed by atoms with Crippen LogP contribution < -0.4 is 20.9 Å². The lowest BCUT2D eigenvalue weighted by Gasteiger charge is -2.36. The fraction of sp³-hybridized carbons (Fsp3) is 0.345. The Morgan fingerprint density at radius 3 is 2.29 bits per heavy atom. The molecule has 2 aromatic heterocycles. The van der Waals surface area contributed by atoms with Gasteiger partial charge in [-0.2, -0.15) is 5.26 Å². The quantitative estimate of drug-likeness (QED) is 0.331. The van der Waals surface area contributed by atoms with Crippen LogP contribution in [0.2, 0.25) is 0 Å². The molecule has 3 aromatic rings. The number of pyridine rings is 1. The van der Waals surface area contributed by atoms with Crippen molar-refractivity contribution in [3.05, 3.63) is 78.3 Å². The number of likely N-dealkylation sites (N-methyl/N-ethyl adjacent to an activating group) is 1. The number of carbonyl (C=O) groups is 1.